The first-order valence-corrected chi connectivity index (χ1v) is 9.95. The van der Waals surface area contributed by atoms with Gasteiger partial charge in [0.1, 0.15) is 11.6 Å². The fourth-order valence-electron chi connectivity index (χ4n) is 3.32. The third-order valence-electron chi connectivity index (χ3n) is 4.73. The zero-order chi connectivity index (χ0) is 20.3. The monoisotopic (exact) mass is 440 g/mol. The van der Waals surface area contributed by atoms with Gasteiger partial charge in [0.2, 0.25) is 0 Å². The van der Waals surface area contributed by atoms with Crippen LogP contribution in [-0.2, 0) is 4.79 Å². The predicted molar refractivity (Wildman–Crippen MR) is 114 cm³/mol. The van der Waals surface area contributed by atoms with E-state index in [0.717, 1.165) is 18.4 Å². The van der Waals surface area contributed by atoms with Gasteiger partial charge in [0.25, 0.3) is 0 Å². The maximum absolute atomic E-state index is 13.3. The number of thiocarbonyl (C=S) groups is 1. The van der Waals surface area contributed by atoms with Gasteiger partial charge in [-0.15, -0.1) is 0 Å². The number of ether oxygens (including phenoxy) is 1. The molecule has 2 atom stereocenters. The number of hydrogen-bond donors (Lipinski definition) is 2. The van der Waals surface area contributed by atoms with Gasteiger partial charge < -0.3 is 15.4 Å². The SMILES string of the molecule is COc1cc(C2CCCC(NC(=S)Nc3ccc(F)c(Cl)c3)C2=O)ccc1Cl. The van der Waals surface area contributed by atoms with Crippen molar-refractivity contribution in [3.05, 3.63) is 57.8 Å². The van der Waals surface area contributed by atoms with Crippen LogP contribution in [0.4, 0.5) is 10.1 Å². The maximum atomic E-state index is 13.3. The number of hydrogen-bond acceptors (Lipinski definition) is 3. The maximum Gasteiger partial charge on any atom is 0.171 e. The summed E-state index contributed by atoms with van der Waals surface area (Å²) in [5.74, 6) is -0.139. The molecule has 2 aromatic carbocycles. The Hall–Kier alpha value is -1.89. The van der Waals surface area contributed by atoms with E-state index in [1.807, 2.05) is 12.1 Å². The minimum absolute atomic E-state index is 0.00158. The molecule has 2 aromatic rings. The molecule has 4 nitrogen and oxygen atoms in total. The lowest BCUT2D eigenvalue weighted by molar-refractivity contribution is -0.123. The molecule has 1 saturated carbocycles. The van der Waals surface area contributed by atoms with E-state index in [-0.39, 0.29) is 21.8 Å². The van der Waals surface area contributed by atoms with E-state index in [4.69, 9.17) is 40.2 Å². The molecule has 2 unspecified atom stereocenters. The van der Waals surface area contributed by atoms with E-state index in [0.29, 0.717) is 22.9 Å². The van der Waals surface area contributed by atoms with Crippen LogP contribution >= 0.6 is 35.4 Å². The number of carbonyl (C=O) groups excluding carboxylic acids is 1. The summed E-state index contributed by atoms with van der Waals surface area (Å²) in [6.45, 7) is 0. The minimum Gasteiger partial charge on any atom is -0.495 e. The topological polar surface area (TPSA) is 50.4 Å². The number of halogens is 3. The summed E-state index contributed by atoms with van der Waals surface area (Å²) in [4.78, 5) is 13.0. The van der Waals surface area contributed by atoms with Crippen molar-refractivity contribution >= 4 is 52.0 Å². The van der Waals surface area contributed by atoms with Gasteiger partial charge in [-0.25, -0.2) is 4.39 Å². The molecule has 0 heterocycles. The molecule has 28 heavy (non-hydrogen) atoms. The molecule has 0 bridgehead atoms. The highest BCUT2D eigenvalue weighted by molar-refractivity contribution is 7.80. The summed E-state index contributed by atoms with van der Waals surface area (Å²) < 4.78 is 18.5. The van der Waals surface area contributed by atoms with Crippen LogP contribution in [0.1, 0.15) is 30.7 Å². The van der Waals surface area contributed by atoms with Crippen molar-refractivity contribution in [3.63, 3.8) is 0 Å². The molecular weight excluding hydrogens is 422 g/mol. The molecular formula is C20H19Cl2FN2O2S. The van der Waals surface area contributed by atoms with Crippen molar-refractivity contribution in [2.24, 2.45) is 0 Å². The minimum atomic E-state index is -0.505. The van der Waals surface area contributed by atoms with Gasteiger partial charge in [-0.2, -0.15) is 0 Å². The molecule has 3 rings (SSSR count). The highest BCUT2D eigenvalue weighted by Crippen LogP contribution is 2.34. The number of benzene rings is 2. The Labute approximate surface area is 178 Å². The first-order chi connectivity index (χ1) is 13.4. The molecule has 0 spiro atoms. The summed E-state index contributed by atoms with van der Waals surface area (Å²) in [7, 11) is 1.55. The first kappa shape index (κ1) is 20.8. The smallest absolute Gasteiger partial charge is 0.171 e. The second-order valence-corrected chi connectivity index (χ2v) is 7.78. The lowest BCUT2D eigenvalue weighted by atomic mass is 9.80. The molecule has 1 aliphatic rings. The normalized spacial score (nSPS) is 19.2. The molecule has 148 valence electrons. The van der Waals surface area contributed by atoms with Crippen LogP contribution < -0.4 is 15.4 Å². The third-order valence-corrected chi connectivity index (χ3v) is 5.55. The highest BCUT2D eigenvalue weighted by atomic mass is 35.5. The Kier molecular flexibility index (Phi) is 6.75. The quantitative estimate of drug-likeness (QED) is 0.628. The predicted octanol–water partition coefficient (Wildman–Crippen LogP) is 5.33. The Morgan fingerprint density at radius 3 is 2.68 bits per heavy atom. The van der Waals surface area contributed by atoms with Gasteiger partial charge in [-0.1, -0.05) is 29.3 Å². The van der Waals surface area contributed by atoms with Crippen molar-refractivity contribution in [2.75, 3.05) is 12.4 Å². The summed E-state index contributed by atoms with van der Waals surface area (Å²) >= 11 is 17.2. The van der Waals surface area contributed by atoms with Gasteiger partial charge in [0.05, 0.1) is 23.2 Å². The fourth-order valence-corrected chi connectivity index (χ4v) is 3.96. The van der Waals surface area contributed by atoms with Crippen LogP contribution in [0, 0.1) is 5.82 Å². The molecule has 0 aromatic heterocycles. The number of ketones is 1. The second kappa shape index (κ2) is 9.07. The molecule has 0 saturated heterocycles. The average Bonchev–Trinajstić information content (AvgIpc) is 2.67. The van der Waals surface area contributed by atoms with Gasteiger partial charge in [-0.05, 0) is 67.4 Å². The van der Waals surface area contributed by atoms with Crippen molar-refractivity contribution in [3.8, 4) is 5.75 Å². The molecule has 1 fully saturated rings. The van der Waals surface area contributed by atoms with E-state index < -0.39 is 11.9 Å². The number of anilines is 1. The summed E-state index contributed by atoms with van der Waals surface area (Å²) in [5.41, 5.74) is 1.42. The lowest BCUT2D eigenvalue weighted by Gasteiger charge is -2.29. The zero-order valence-electron chi connectivity index (χ0n) is 15.1. The Morgan fingerprint density at radius 2 is 1.96 bits per heavy atom. The molecule has 2 N–H and O–H groups in total. The molecule has 0 aliphatic heterocycles. The highest BCUT2D eigenvalue weighted by Gasteiger charge is 2.33. The van der Waals surface area contributed by atoms with E-state index >= 15 is 0 Å². The second-order valence-electron chi connectivity index (χ2n) is 6.56. The van der Waals surface area contributed by atoms with Crippen molar-refractivity contribution in [1.29, 1.82) is 0 Å². The molecule has 8 heteroatoms. The number of Topliss-reactive ketones (excluding diaryl/α,β-unsaturated/α-hetero) is 1. The van der Waals surface area contributed by atoms with Crippen LogP contribution in [0.15, 0.2) is 36.4 Å². The van der Waals surface area contributed by atoms with Crippen LogP contribution in [0.2, 0.25) is 10.0 Å². The van der Waals surface area contributed by atoms with Gasteiger partial charge in [0.15, 0.2) is 10.9 Å². The van der Waals surface area contributed by atoms with E-state index in [9.17, 15) is 9.18 Å². The van der Waals surface area contributed by atoms with Crippen LogP contribution in [-0.4, -0.2) is 24.0 Å². The van der Waals surface area contributed by atoms with E-state index in [1.54, 1.807) is 13.2 Å². The molecule has 0 amide bonds. The van der Waals surface area contributed by atoms with Gasteiger partial charge in [0, 0.05) is 11.6 Å². The summed E-state index contributed by atoms with van der Waals surface area (Å²) in [6.07, 6.45) is 2.33. The van der Waals surface area contributed by atoms with Crippen LogP contribution in [0.25, 0.3) is 0 Å². The largest absolute Gasteiger partial charge is 0.495 e. The number of carbonyl (C=O) groups is 1. The third kappa shape index (κ3) is 4.74. The molecule has 1 aliphatic carbocycles. The Morgan fingerprint density at radius 1 is 1.18 bits per heavy atom. The zero-order valence-corrected chi connectivity index (χ0v) is 17.4. The first-order valence-electron chi connectivity index (χ1n) is 8.78. The number of rotatable bonds is 4. The van der Waals surface area contributed by atoms with Crippen molar-refractivity contribution in [2.45, 2.75) is 31.2 Å². The fraction of sp³-hybridized carbons (Fsp3) is 0.300. The van der Waals surface area contributed by atoms with Crippen molar-refractivity contribution < 1.29 is 13.9 Å². The van der Waals surface area contributed by atoms with Crippen LogP contribution in [0.5, 0.6) is 5.75 Å². The average molecular weight is 441 g/mol. The lowest BCUT2D eigenvalue weighted by Crippen LogP contribution is -2.46. The molecule has 0 radical (unpaired) electrons. The Balaban J connectivity index is 1.68. The standard InChI is InChI=1S/C20H19Cl2FN2O2S/c1-27-18-9-11(5-7-14(18)21)13-3-2-4-17(19(13)26)25-20(28)24-12-6-8-16(23)15(22)10-12/h5-10,13,17H,2-4H2,1H3,(H2,24,25,28). The number of methoxy groups -OCH3 is 1. The summed E-state index contributed by atoms with van der Waals surface area (Å²) in [5, 5.41) is 6.80. The van der Waals surface area contributed by atoms with Crippen molar-refractivity contribution in [1.82, 2.24) is 5.32 Å². The Bertz CT molecular complexity index is 910. The van der Waals surface area contributed by atoms with Crippen LogP contribution in [0.3, 0.4) is 0 Å². The number of nitrogens with one attached hydrogen (secondary N) is 2. The van der Waals surface area contributed by atoms with Gasteiger partial charge in [-0.3, -0.25) is 4.79 Å². The van der Waals surface area contributed by atoms with E-state index in [1.165, 1.54) is 18.2 Å². The van der Waals surface area contributed by atoms with E-state index in [2.05, 4.69) is 10.6 Å². The van der Waals surface area contributed by atoms with Gasteiger partial charge >= 0.3 is 0 Å². The summed E-state index contributed by atoms with van der Waals surface area (Å²) in [6, 6.07) is 9.22.